The van der Waals surface area contributed by atoms with E-state index in [9.17, 15) is 9.59 Å². The van der Waals surface area contributed by atoms with Crippen molar-refractivity contribution in [2.45, 2.75) is 13.8 Å². The summed E-state index contributed by atoms with van der Waals surface area (Å²) in [6, 6.07) is 5.35. The van der Waals surface area contributed by atoms with E-state index in [0.29, 0.717) is 5.56 Å². The van der Waals surface area contributed by atoms with E-state index in [1.165, 1.54) is 6.92 Å². The molecule has 3 nitrogen and oxygen atoms in total. The lowest BCUT2D eigenvalue weighted by atomic mass is 10.1. The zero-order valence-corrected chi connectivity index (χ0v) is 9.51. The van der Waals surface area contributed by atoms with Crippen LogP contribution in [0, 0.1) is 6.92 Å². The summed E-state index contributed by atoms with van der Waals surface area (Å²) >= 11 is 3.27. The SMILES string of the molecule is CC(=O)NC(=O)c1cc(Br)ccc1C. The molecule has 74 valence electrons. The molecule has 1 aromatic rings. The highest BCUT2D eigenvalue weighted by molar-refractivity contribution is 9.10. The minimum atomic E-state index is -0.365. The number of carbonyl (C=O) groups excluding carboxylic acids is 2. The van der Waals surface area contributed by atoms with Gasteiger partial charge in [0, 0.05) is 17.0 Å². The van der Waals surface area contributed by atoms with Gasteiger partial charge < -0.3 is 0 Å². The second-order valence-electron chi connectivity index (χ2n) is 2.97. The van der Waals surface area contributed by atoms with Crippen LogP contribution in [0.5, 0.6) is 0 Å². The standard InChI is InChI=1S/C10H10BrNO2/c1-6-3-4-8(11)5-9(6)10(14)12-7(2)13/h3-5H,1-2H3,(H,12,13,14). The summed E-state index contributed by atoms with van der Waals surface area (Å²) in [5.41, 5.74) is 1.35. The Labute approximate surface area is 90.6 Å². The summed E-state index contributed by atoms with van der Waals surface area (Å²) in [6.07, 6.45) is 0. The summed E-state index contributed by atoms with van der Waals surface area (Å²) in [5, 5.41) is 2.23. The first-order valence-corrected chi connectivity index (χ1v) is 4.88. The molecule has 0 unspecified atom stereocenters. The lowest BCUT2D eigenvalue weighted by molar-refractivity contribution is -0.118. The van der Waals surface area contributed by atoms with Crippen LogP contribution < -0.4 is 5.32 Å². The largest absolute Gasteiger partial charge is 0.293 e. The van der Waals surface area contributed by atoms with Gasteiger partial charge in [-0.25, -0.2) is 0 Å². The van der Waals surface area contributed by atoms with Gasteiger partial charge in [-0.05, 0) is 24.6 Å². The van der Waals surface area contributed by atoms with Crippen LogP contribution in [0.1, 0.15) is 22.8 Å². The van der Waals surface area contributed by atoms with E-state index < -0.39 is 0 Å². The molecule has 0 aromatic heterocycles. The topological polar surface area (TPSA) is 46.2 Å². The predicted molar refractivity (Wildman–Crippen MR) is 57.0 cm³/mol. The molecule has 0 heterocycles. The van der Waals surface area contributed by atoms with Gasteiger partial charge in [0.05, 0.1) is 0 Å². The molecular weight excluding hydrogens is 246 g/mol. The van der Waals surface area contributed by atoms with Crippen molar-refractivity contribution in [3.63, 3.8) is 0 Å². The van der Waals surface area contributed by atoms with E-state index in [2.05, 4.69) is 21.2 Å². The maximum Gasteiger partial charge on any atom is 0.258 e. The number of imide groups is 1. The molecule has 0 aliphatic rings. The number of nitrogens with one attached hydrogen (secondary N) is 1. The molecule has 1 N–H and O–H groups in total. The summed E-state index contributed by atoms with van der Waals surface area (Å²) in [4.78, 5) is 22.2. The van der Waals surface area contributed by atoms with Gasteiger partial charge in [-0.1, -0.05) is 22.0 Å². The lowest BCUT2D eigenvalue weighted by Crippen LogP contribution is -2.28. The second kappa shape index (κ2) is 4.37. The van der Waals surface area contributed by atoms with Crippen LogP contribution in [0.4, 0.5) is 0 Å². The molecule has 14 heavy (non-hydrogen) atoms. The van der Waals surface area contributed by atoms with Crippen LogP contribution in [0.15, 0.2) is 22.7 Å². The minimum absolute atomic E-state index is 0.352. The third-order valence-corrected chi connectivity index (χ3v) is 2.23. The molecule has 4 heteroatoms. The second-order valence-corrected chi connectivity index (χ2v) is 3.89. The van der Waals surface area contributed by atoms with E-state index in [0.717, 1.165) is 10.0 Å². The van der Waals surface area contributed by atoms with Crippen LogP contribution in [0.3, 0.4) is 0 Å². The van der Waals surface area contributed by atoms with Crippen LogP contribution in [0.2, 0.25) is 0 Å². The van der Waals surface area contributed by atoms with Crippen LogP contribution in [-0.4, -0.2) is 11.8 Å². The van der Waals surface area contributed by atoms with Crippen molar-refractivity contribution in [3.05, 3.63) is 33.8 Å². The molecule has 0 spiro atoms. The molecule has 0 aliphatic heterocycles. The highest BCUT2D eigenvalue weighted by Crippen LogP contribution is 2.15. The number of hydrogen-bond acceptors (Lipinski definition) is 2. The van der Waals surface area contributed by atoms with Gasteiger partial charge in [0.25, 0.3) is 5.91 Å². The van der Waals surface area contributed by atoms with E-state index >= 15 is 0 Å². The third kappa shape index (κ3) is 2.67. The highest BCUT2D eigenvalue weighted by atomic mass is 79.9. The zero-order chi connectivity index (χ0) is 10.7. The first kappa shape index (κ1) is 10.9. The lowest BCUT2D eigenvalue weighted by Gasteiger charge is -2.05. The first-order valence-electron chi connectivity index (χ1n) is 4.09. The Morgan fingerprint density at radius 1 is 1.36 bits per heavy atom. The Hall–Kier alpha value is -1.16. The van der Waals surface area contributed by atoms with Gasteiger partial charge in [0.15, 0.2) is 0 Å². The molecule has 0 saturated carbocycles. The Morgan fingerprint density at radius 3 is 2.57 bits per heavy atom. The van der Waals surface area contributed by atoms with E-state index in [-0.39, 0.29) is 11.8 Å². The van der Waals surface area contributed by atoms with Gasteiger partial charge in [0.1, 0.15) is 0 Å². The number of benzene rings is 1. The number of aryl methyl sites for hydroxylation is 1. The van der Waals surface area contributed by atoms with Gasteiger partial charge in [-0.2, -0.15) is 0 Å². The Bertz CT molecular complexity index is 388. The molecule has 0 bridgehead atoms. The smallest absolute Gasteiger partial charge is 0.258 e. The minimum Gasteiger partial charge on any atom is -0.293 e. The third-order valence-electron chi connectivity index (χ3n) is 1.73. The predicted octanol–water partition coefficient (Wildman–Crippen LogP) is 2.03. The fraction of sp³-hybridized carbons (Fsp3) is 0.200. The van der Waals surface area contributed by atoms with Gasteiger partial charge in [0.2, 0.25) is 5.91 Å². The van der Waals surface area contributed by atoms with E-state index in [1.807, 2.05) is 19.1 Å². The van der Waals surface area contributed by atoms with Crippen LogP contribution in [0.25, 0.3) is 0 Å². The van der Waals surface area contributed by atoms with E-state index in [1.54, 1.807) is 6.07 Å². The monoisotopic (exact) mass is 255 g/mol. The molecular formula is C10H10BrNO2. The summed E-state index contributed by atoms with van der Waals surface area (Å²) < 4.78 is 0.816. The number of halogens is 1. The summed E-state index contributed by atoms with van der Waals surface area (Å²) in [7, 11) is 0. The van der Waals surface area contributed by atoms with E-state index in [4.69, 9.17) is 0 Å². The van der Waals surface area contributed by atoms with Gasteiger partial charge >= 0.3 is 0 Å². The molecule has 0 saturated heterocycles. The fourth-order valence-corrected chi connectivity index (χ4v) is 1.43. The van der Waals surface area contributed by atoms with Crippen molar-refractivity contribution >= 4 is 27.7 Å². The van der Waals surface area contributed by atoms with Crippen molar-refractivity contribution in [3.8, 4) is 0 Å². The average Bonchev–Trinajstić information content (AvgIpc) is 2.08. The highest BCUT2D eigenvalue weighted by Gasteiger charge is 2.10. The van der Waals surface area contributed by atoms with Crippen LogP contribution >= 0.6 is 15.9 Å². The summed E-state index contributed by atoms with van der Waals surface area (Å²) in [6.45, 7) is 3.13. The van der Waals surface area contributed by atoms with Gasteiger partial charge in [-0.15, -0.1) is 0 Å². The zero-order valence-electron chi connectivity index (χ0n) is 7.93. The van der Waals surface area contributed by atoms with Crippen molar-refractivity contribution in [2.75, 3.05) is 0 Å². The summed E-state index contributed by atoms with van der Waals surface area (Å²) in [5.74, 6) is -0.717. The molecule has 0 aliphatic carbocycles. The molecule has 0 fully saturated rings. The van der Waals surface area contributed by atoms with Crippen molar-refractivity contribution in [1.82, 2.24) is 5.32 Å². The number of hydrogen-bond donors (Lipinski definition) is 1. The maximum atomic E-state index is 11.5. The number of amides is 2. The normalized spacial score (nSPS) is 9.64. The molecule has 0 radical (unpaired) electrons. The molecule has 0 atom stereocenters. The van der Waals surface area contributed by atoms with Crippen molar-refractivity contribution < 1.29 is 9.59 Å². The van der Waals surface area contributed by atoms with Crippen LogP contribution in [-0.2, 0) is 4.79 Å². The molecule has 1 rings (SSSR count). The Morgan fingerprint density at radius 2 is 2.00 bits per heavy atom. The Balaban J connectivity index is 3.00. The maximum absolute atomic E-state index is 11.5. The fourth-order valence-electron chi connectivity index (χ4n) is 1.07. The first-order chi connectivity index (χ1) is 6.50. The quantitative estimate of drug-likeness (QED) is 0.835. The van der Waals surface area contributed by atoms with Crippen molar-refractivity contribution in [1.29, 1.82) is 0 Å². The average molecular weight is 256 g/mol. The Kier molecular flexibility index (Phi) is 3.41. The number of rotatable bonds is 1. The van der Waals surface area contributed by atoms with Crippen molar-refractivity contribution in [2.24, 2.45) is 0 Å². The number of carbonyl (C=O) groups is 2. The molecule has 1 aromatic carbocycles. The van der Waals surface area contributed by atoms with Gasteiger partial charge in [-0.3, -0.25) is 14.9 Å². The molecule has 2 amide bonds.